The van der Waals surface area contributed by atoms with E-state index in [0.29, 0.717) is 40.4 Å². The van der Waals surface area contributed by atoms with E-state index in [1.54, 1.807) is 0 Å². The van der Waals surface area contributed by atoms with Gasteiger partial charge >= 0.3 is 0 Å². The van der Waals surface area contributed by atoms with Gasteiger partial charge in [0, 0.05) is 0 Å². The Morgan fingerprint density at radius 3 is 2.27 bits per heavy atom. The minimum absolute atomic E-state index is 0.00295. The Morgan fingerprint density at radius 2 is 1.61 bits per heavy atom. The highest BCUT2D eigenvalue weighted by atomic mass is 16.3. The minimum atomic E-state index is -0.198. The number of hydrogen-bond donors (Lipinski definition) is 1. The van der Waals surface area contributed by atoms with Crippen molar-refractivity contribution in [3.05, 3.63) is 12.2 Å². The average Bonchev–Trinajstić information content (AvgIpc) is 3.12. The highest BCUT2D eigenvalue weighted by molar-refractivity contribution is 5.37. The molecule has 0 radical (unpaired) electrons. The van der Waals surface area contributed by atoms with Crippen molar-refractivity contribution in [1.29, 1.82) is 0 Å². The largest absolute Gasteiger partial charge is 0.393 e. The summed E-state index contributed by atoms with van der Waals surface area (Å²) in [6, 6.07) is 0. The van der Waals surface area contributed by atoms with E-state index in [4.69, 9.17) is 0 Å². The molecular formula is C30H47NO2. The molecule has 33 heavy (non-hydrogen) atoms. The molecule has 1 N–H and O–H groups in total. The Morgan fingerprint density at radius 1 is 0.879 bits per heavy atom. The average molecular weight is 454 g/mol. The Kier molecular flexibility index (Phi) is 5.26. The molecule has 5 aliphatic rings. The topological polar surface area (TPSA) is 49.7 Å². The molecule has 0 aromatic rings. The number of rotatable bonds is 2. The van der Waals surface area contributed by atoms with Crippen molar-refractivity contribution in [3.8, 4) is 0 Å². The van der Waals surface area contributed by atoms with Gasteiger partial charge in [0.15, 0.2) is 0 Å². The summed E-state index contributed by atoms with van der Waals surface area (Å²) in [6.07, 6.45) is 13.4. The molecule has 5 rings (SSSR count). The van der Waals surface area contributed by atoms with Crippen molar-refractivity contribution in [3.63, 3.8) is 0 Å². The number of nitrogens with zero attached hydrogens (tertiary/aromatic N) is 1. The third-order valence-electron chi connectivity index (χ3n) is 13.3. The first-order valence-corrected chi connectivity index (χ1v) is 13.8. The predicted octanol–water partition coefficient (Wildman–Crippen LogP) is 7.09. The van der Waals surface area contributed by atoms with E-state index >= 15 is 0 Å². The van der Waals surface area contributed by atoms with Crippen molar-refractivity contribution < 1.29 is 9.90 Å². The summed E-state index contributed by atoms with van der Waals surface area (Å²) in [5.41, 5.74) is 1.98. The molecule has 0 bridgehead atoms. The molecule has 0 spiro atoms. The first-order chi connectivity index (χ1) is 15.4. The second kappa shape index (κ2) is 7.30. The monoisotopic (exact) mass is 453 g/mol. The fraction of sp³-hybridized carbons (Fsp3) is 0.900. The summed E-state index contributed by atoms with van der Waals surface area (Å²) in [7, 11) is 0. The van der Waals surface area contributed by atoms with Gasteiger partial charge in [-0.05, 0) is 122 Å². The zero-order chi connectivity index (χ0) is 24.0. The fourth-order valence-corrected chi connectivity index (χ4v) is 11.4. The molecule has 5 aliphatic carbocycles. The van der Waals surface area contributed by atoms with Crippen LogP contribution in [0.5, 0.6) is 0 Å². The lowest BCUT2D eigenvalue weighted by Crippen LogP contribution is -2.67. The molecule has 184 valence electrons. The van der Waals surface area contributed by atoms with Crippen LogP contribution in [0, 0.1) is 51.2 Å². The second-order valence-corrected chi connectivity index (χ2v) is 14.4. The zero-order valence-corrected chi connectivity index (χ0v) is 22.0. The lowest BCUT2D eigenvalue weighted by molar-refractivity contribution is -0.242. The number of hydrogen-bond acceptors (Lipinski definition) is 3. The van der Waals surface area contributed by atoms with E-state index < -0.39 is 0 Å². The Labute approximate surface area is 201 Å². The first-order valence-electron chi connectivity index (χ1n) is 13.8. The van der Waals surface area contributed by atoms with Crippen molar-refractivity contribution in [2.75, 3.05) is 0 Å². The van der Waals surface area contributed by atoms with Gasteiger partial charge in [0.25, 0.3) is 0 Å². The number of isocyanates is 1. The third kappa shape index (κ3) is 2.85. The molecule has 0 aromatic heterocycles. The lowest BCUT2D eigenvalue weighted by atomic mass is 9.32. The number of aliphatic hydroxyl groups excluding tert-OH is 1. The molecule has 0 aliphatic heterocycles. The molecule has 10 atom stereocenters. The van der Waals surface area contributed by atoms with Crippen molar-refractivity contribution in [1.82, 2.24) is 0 Å². The highest BCUT2D eigenvalue weighted by Gasteiger charge is 2.71. The summed E-state index contributed by atoms with van der Waals surface area (Å²) >= 11 is 0. The van der Waals surface area contributed by atoms with Crippen molar-refractivity contribution in [2.24, 2.45) is 56.2 Å². The summed E-state index contributed by atoms with van der Waals surface area (Å²) in [5, 5.41) is 10.9. The van der Waals surface area contributed by atoms with Crippen LogP contribution >= 0.6 is 0 Å². The van der Waals surface area contributed by atoms with Crippen LogP contribution in [0.2, 0.25) is 0 Å². The summed E-state index contributed by atoms with van der Waals surface area (Å²) in [6.45, 7) is 19.1. The molecule has 5 fully saturated rings. The van der Waals surface area contributed by atoms with Gasteiger partial charge in [-0.2, -0.15) is 4.99 Å². The van der Waals surface area contributed by atoms with E-state index in [0.717, 1.165) is 25.7 Å². The standard InChI is InChI=1S/C30H47NO2/c1-19(2)20-10-15-30(31-18-32)17-16-28(6)21(25(20)30)8-9-23-27(5)13-12-24(33)26(3,4)22(27)11-14-29(23,28)7/h20-25,33H,1,8-17H2,2-7H3/t20-,21+,22-,23+,24-,25+,27-,28+,29+,30?/m0/s1. The maximum atomic E-state index is 11.6. The van der Waals surface area contributed by atoms with Crippen LogP contribution in [0.25, 0.3) is 0 Å². The van der Waals surface area contributed by atoms with Gasteiger partial charge in [-0.15, -0.1) is 0 Å². The molecule has 0 saturated heterocycles. The van der Waals surface area contributed by atoms with Crippen molar-refractivity contribution in [2.45, 2.75) is 117 Å². The van der Waals surface area contributed by atoms with Gasteiger partial charge in [-0.1, -0.05) is 46.8 Å². The summed E-state index contributed by atoms with van der Waals surface area (Å²) < 4.78 is 0. The zero-order valence-electron chi connectivity index (χ0n) is 22.0. The van der Waals surface area contributed by atoms with Crippen molar-refractivity contribution >= 4 is 6.08 Å². The maximum Gasteiger partial charge on any atom is 0.235 e. The number of aliphatic imine (C=N–C) groups is 1. The fourth-order valence-electron chi connectivity index (χ4n) is 11.4. The SMILES string of the molecule is C=C(C)[C@@H]1CCC2(N=C=O)CC[C@]3(C)[C@H](CC[C@@H]4[C@@]5(C)CC[C@H](O)C(C)(C)[C@@H]5CC[C@]43C)[C@@H]12. The van der Waals surface area contributed by atoms with E-state index in [1.807, 2.05) is 6.08 Å². The highest BCUT2D eigenvalue weighted by Crippen LogP contribution is 2.76. The van der Waals surface area contributed by atoms with Crippen LogP contribution < -0.4 is 0 Å². The Balaban J connectivity index is 1.56. The molecule has 0 aromatic carbocycles. The molecular weight excluding hydrogens is 406 g/mol. The molecule has 1 unspecified atom stereocenters. The van der Waals surface area contributed by atoms with Gasteiger partial charge in [0.2, 0.25) is 6.08 Å². The van der Waals surface area contributed by atoms with Crippen LogP contribution in [0.4, 0.5) is 0 Å². The van der Waals surface area contributed by atoms with Crippen LogP contribution in [0.15, 0.2) is 17.1 Å². The van der Waals surface area contributed by atoms with Gasteiger partial charge < -0.3 is 5.11 Å². The second-order valence-electron chi connectivity index (χ2n) is 14.4. The predicted molar refractivity (Wildman–Crippen MR) is 133 cm³/mol. The number of aliphatic hydroxyl groups is 1. The van der Waals surface area contributed by atoms with E-state index in [2.05, 4.69) is 53.1 Å². The van der Waals surface area contributed by atoms with Gasteiger partial charge in [0.1, 0.15) is 0 Å². The van der Waals surface area contributed by atoms with E-state index in [-0.39, 0.29) is 22.5 Å². The molecule has 0 amide bonds. The quantitative estimate of drug-likeness (QED) is 0.275. The summed E-state index contributed by atoms with van der Waals surface area (Å²) in [5.74, 6) is 2.86. The number of fused-ring (bicyclic) bond motifs is 7. The molecule has 3 nitrogen and oxygen atoms in total. The summed E-state index contributed by atoms with van der Waals surface area (Å²) in [4.78, 5) is 16.2. The van der Waals surface area contributed by atoms with E-state index in [9.17, 15) is 9.90 Å². The maximum absolute atomic E-state index is 11.6. The van der Waals surface area contributed by atoms with Gasteiger partial charge in [-0.25, -0.2) is 4.79 Å². The third-order valence-corrected chi connectivity index (χ3v) is 13.3. The Bertz CT molecular complexity index is 888. The smallest absolute Gasteiger partial charge is 0.235 e. The molecule has 0 heterocycles. The van der Waals surface area contributed by atoms with Gasteiger partial charge in [-0.3, -0.25) is 0 Å². The molecule has 3 heteroatoms. The minimum Gasteiger partial charge on any atom is -0.393 e. The van der Waals surface area contributed by atoms with Crippen LogP contribution in [-0.4, -0.2) is 22.8 Å². The lowest BCUT2D eigenvalue weighted by Gasteiger charge is -2.72. The van der Waals surface area contributed by atoms with E-state index in [1.165, 1.54) is 44.1 Å². The molecule has 5 saturated carbocycles. The van der Waals surface area contributed by atoms with Crippen LogP contribution in [0.1, 0.15) is 106 Å². The number of carbonyl (C=O) groups excluding carboxylic acids is 1. The van der Waals surface area contributed by atoms with Crippen LogP contribution in [-0.2, 0) is 4.79 Å². The van der Waals surface area contributed by atoms with Crippen LogP contribution in [0.3, 0.4) is 0 Å². The normalized spacial score (nSPS) is 54.8. The number of allylic oxidation sites excluding steroid dienone is 1. The Hall–Kier alpha value is -0.920. The van der Waals surface area contributed by atoms with Gasteiger partial charge in [0.05, 0.1) is 11.6 Å². The first kappa shape index (κ1) is 23.8.